The minimum atomic E-state index is -0.948. The maximum Gasteiger partial charge on any atom is 0.409 e. The highest BCUT2D eigenvalue weighted by Crippen LogP contribution is 2.41. The van der Waals surface area contributed by atoms with E-state index in [9.17, 15) is 14.4 Å². The van der Waals surface area contributed by atoms with Crippen molar-refractivity contribution in [1.82, 2.24) is 10.4 Å². The van der Waals surface area contributed by atoms with Gasteiger partial charge in [-0.2, -0.15) is 0 Å². The van der Waals surface area contributed by atoms with Gasteiger partial charge in [0.15, 0.2) is 5.60 Å². The molecule has 0 bridgehead atoms. The van der Waals surface area contributed by atoms with Gasteiger partial charge in [0.1, 0.15) is 5.75 Å². The standard InChI is InChI=1S/C18H20N2O6/c1-2-25-17(23)20-9-7-18(8-10-20)16(22)13-11-12(3-5-14(13)26-18)4-6-15(21)19-24/h3-6,11,24H,2,7-10H2,1H3,(H,19,21)/b6-4+. The molecule has 0 aromatic heterocycles. The van der Waals surface area contributed by atoms with Gasteiger partial charge in [0.2, 0.25) is 5.78 Å². The van der Waals surface area contributed by atoms with Crippen molar-refractivity contribution >= 4 is 23.9 Å². The van der Waals surface area contributed by atoms with E-state index in [4.69, 9.17) is 14.7 Å². The van der Waals surface area contributed by atoms with Crippen molar-refractivity contribution in [2.24, 2.45) is 0 Å². The quantitative estimate of drug-likeness (QED) is 0.484. The summed E-state index contributed by atoms with van der Waals surface area (Å²) in [5.74, 6) is -0.267. The van der Waals surface area contributed by atoms with Crippen LogP contribution in [0.3, 0.4) is 0 Å². The number of likely N-dealkylation sites (tertiary alicyclic amines) is 1. The minimum absolute atomic E-state index is 0.113. The zero-order valence-corrected chi connectivity index (χ0v) is 14.4. The summed E-state index contributed by atoms with van der Waals surface area (Å²) < 4.78 is 11.0. The lowest BCUT2D eigenvalue weighted by Gasteiger charge is -2.36. The molecule has 8 nitrogen and oxygen atoms in total. The van der Waals surface area contributed by atoms with Gasteiger partial charge in [0.05, 0.1) is 12.2 Å². The number of piperidine rings is 1. The highest BCUT2D eigenvalue weighted by molar-refractivity contribution is 6.08. The predicted molar refractivity (Wildman–Crippen MR) is 90.9 cm³/mol. The van der Waals surface area contributed by atoms with Crippen LogP contribution in [0.5, 0.6) is 5.75 Å². The maximum atomic E-state index is 12.9. The number of hydrogen-bond donors (Lipinski definition) is 2. The summed E-state index contributed by atoms with van der Waals surface area (Å²) in [4.78, 5) is 37.4. The fraction of sp³-hybridized carbons (Fsp3) is 0.389. The summed E-state index contributed by atoms with van der Waals surface area (Å²) in [5.41, 5.74) is 1.66. The molecule has 8 heteroatoms. The number of nitrogens with one attached hydrogen (secondary N) is 1. The van der Waals surface area contributed by atoms with E-state index in [0.29, 0.717) is 49.4 Å². The molecule has 138 valence electrons. The first-order valence-corrected chi connectivity index (χ1v) is 8.41. The first-order valence-electron chi connectivity index (χ1n) is 8.41. The second kappa shape index (κ2) is 7.17. The second-order valence-corrected chi connectivity index (χ2v) is 6.18. The molecule has 3 rings (SSSR count). The van der Waals surface area contributed by atoms with Gasteiger partial charge >= 0.3 is 6.09 Å². The summed E-state index contributed by atoms with van der Waals surface area (Å²) in [5, 5.41) is 8.51. The van der Waals surface area contributed by atoms with E-state index in [1.165, 1.54) is 11.6 Å². The summed E-state index contributed by atoms with van der Waals surface area (Å²) >= 11 is 0. The molecule has 1 aromatic carbocycles. The molecule has 1 spiro atoms. The van der Waals surface area contributed by atoms with E-state index in [-0.39, 0.29) is 11.9 Å². The van der Waals surface area contributed by atoms with Gasteiger partial charge in [-0.3, -0.25) is 14.8 Å². The highest BCUT2D eigenvalue weighted by Gasteiger charge is 2.50. The zero-order valence-electron chi connectivity index (χ0n) is 14.4. The van der Waals surface area contributed by atoms with Crippen LogP contribution in [0.25, 0.3) is 6.08 Å². The molecule has 2 aliphatic heterocycles. The Balaban J connectivity index is 1.73. The Morgan fingerprint density at radius 3 is 2.77 bits per heavy atom. The molecule has 0 radical (unpaired) electrons. The van der Waals surface area contributed by atoms with Crippen molar-refractivity contribution < 1.29 is 29.1 Å². The summed E-state index contributed by atoms with van der Waals surface area (Å²) in [7, 11) is 0. The zero-order chi connectivity index (χ0) is 18.7. The molecule has 2 amide bonds. The SMILES string of the molecule is CCOC(=O)N1CCC2(CC1)Oc1ccc(/C=C/C(=O)NO)cc1C2=O. The molecule has 0 atom stereocenters. The number of hydrogen-bond acceptors (Lipinski definition) is 6. The summed E-state index contributed by atoms with van der Waals surface area (Å²) in [6, 6.07) is 5.07. The number of amides is 2. The molecule has 2 aliphatic rings. The molecule has 1 saturated heterocycles. The average molecular weight is 360 g/mol. The van der Waals surface area contributed by atoms with Crippen molar-refractivity contribution in [3.05, 3.63) is 35.4 Å². The number of ketones is 1. The highest BCUT2D eigenvalue weighted by atomic mass is 16.6. The third-order valence-electron chi connectivity index (χ3n) is 4.60. The van der Waals surface area contributed by atoms with Gasteiger partial charge < -0.3 is 14.4 Å². The number of ether oxygens (including phenoxy) is 2. The molecule has 2 N–H and O–H groups in total. The van der Waals surface area contributed by atoms with Crippen LogP contribution in [0.2, 0.25) is 0 Å². The largest absolute Gasteiger partial charge is 0.478 e. The van der Waals surface area contributed by atoms with E-state index >= 15 is 0 Å². The maximum absolute atomic E-state index is 12.9. The van der Waals surface area contributed by atoms with Gasteiger partial charge in [-0.25, -0.2) is 10.3 Å². The van der Waals surface area contributed by atoms with E-state index in [2.05, 4.69) is 0 Å². The molecule has 0 aliphatic carbocycles. The Labute approximate surface area is 150 Å². The monoisotopic (exact) mass is 360 g/mol. The lowest BCUT2D eigenvalue weighted by molar-refractivity contribution is -0.124. The number of rotatable bonds is 3. The molecule has 1 fully saturated rings. The third-order valence-corrected chi connectivity index (χ3v) is 4.60. The Morgan fingerprint density at radius 2 is 2.12 bits per heavy atom. The van der Waals surface area contributed by atoms with Crippen LogP contribution in [-0.2, 0) is 9.53 Å². The number of benzene rings is 1. The Bertz CT molecular complexity index is 765. The number of Topliss-reactive ketones (excluding diaryl/α,β-unsaturated/α-hetero) is 1. The van der Waals surface area contributed by atoms with Crippen LogP contribution in [-0.4, -0.2) is 53.2 Å². The lowest BCUT2D eigenvalue weighted by atomic mass is 9.85. The smallest absolute Gasteiger partial charge is 0.409 e. The topological polar surface area (TPSA) is 105 Å². The molecule has 1 aromatic rings. The molecular formula is C18H20N2O6. The molecule has 2 heterocycles. The van der Waals surface area contributed by atoms with E-state index in [1.807, 2.05) is 0 Å². The fourth-order valence-electron chi connectivity index (χ4n) is 3.22. The third kappa shape index (κ3) is 3.28. The van der Waals surface area contributed by atoms with Crippen LogP contribution in [0.1, 0.15) is 35.7 Å². The van der Waals surface area contributed by atoms with Crippen LogP contribution in [0, 0.1) is 0 Å². The molecule has 0 saturated carbocycles. The normalized spacial score (nSPS) is 17.9. The van der Waals surface area contributed by atoms with Crippen LogP contribution in [0.15, 0.2) is 24.3 Å². The van der Waals surface area contributed by atoms with Crippen LogP contribution >= 0.6 is 0 Å². The van der Waals surface area contributed by atoms with E-state index in [0.717, 1.165) is 6.08 Å². The first-order chi connectivity index (χ1) is 12.5. The predicted octanol–water partition coefficient (Wildman–Crippen LogP) is 1.77. The minimum Gasteiger partial charge on any atom is -0.478 e. The van der Waals surface area contributed by atoms with Crippen LogP contribution in [0.4, 0.5) is 4.79 Å². The van der Waals surface area contributed by atoms with Crippen molar-refractivity contribution in [3.63, 3.8) is 0 Å². The van der Waals surface area contributed by atoms with Crippen molar-refractivity contribution in [3.8, 4) is 5.75 Å². The number of carbonyl (C=O) groups excluding carboxylic acids is 3. The Morgan fingerprint density at radius 1 is 1.38 bits per heavy atom. The Hall–Kier alpha value is -2.87. The van der Waals surface area contributed by atoms with Crippen molar-refractivity contribution in [2.75, 3.05) is 19.7 Å². The molecule has 26 heavy (non-hydrogen) atoms. The van der Waals surface area contributed by atoms with Crippen molar-refractivity contribution in [2.45, 2.75) is 25.4 Å². The van der Waals surface area contributed by atoms with Gasteiger partial charge in [0.25, 0.3) is 5.91 Å². The van der Waals surface area contributed by atoms with Gasteiger partial charge in [-0.1, -0.05) is 6.07 Å². The van der Waals surface area contributed by atoms with Gasteiger partial charge in [0, 0.05) is 32.0 Å². The fourth-order valence-corrected chi connectivity index (χ4v) is 3.22. The van der Waals surface area contributed by atoms with Gasteiger partial charge in [-0.05, 0) is 30.7 Å². The number of hydroxylamine groups is 1. The van der Waals surface area contributed by atoms with E-state index < -0.39 is 11.5 Å². The number of nitrogens with zero attached hydrogens (tertiary/aromatic N) is 1. The molecule has 0 unspecified atom stereocenters. The number of fused-ring (bicyclic) bond motifs is 1. The lowest BCUT2D eigenvalue weighted by Crippen LogP contribution is -2.52. The van der Waals surface area contributed by atoms with Crippen LogP contribution < -0.4 is 10.2 Å². The Kier molecular flexibility index (Phi) is 4.94. The molecular weight excluding hydrogens is 340 g/mol. The van der Waals surface area contributed by atoms with Crippen molar-refractivity contribution in [1.29, 1.82) is 0 Å². The van der Waals surface area contributed by atoms with E-state index in [1.54, 1.807) is 30.0 Å². The average Bonchev–Trinajstić information content (AvgIpc) is 2.92. The second-order valence-electron chi connectivity index (χ2n) is 6.18. The summed E-state index contributed by atoms with van der Waals surface area (Å²) in [6.45, 7) is 2.84. The number of carbonyl (C=O) groups is 3. The first kappa shape index (κ1) is 17.9. The van der Waals surface area contributed by atoms with Gasteiger partial charge in [-0.15, -0.1) is 0 Å². The summed E-state index contributed by atoms with van der Waals surface area (Å²) in [6.07, 6.45) is 3.08.